The number of pyridine rings is 1. The molecule has 7 heteroatoms. The van der Waals surface area contributed by atoms with E-state index in [1.165, 1.54) is 12.1 Å². The number of nitrogens with zero attached hydrogens (tertiary/aromatic N) is 2. The molecule has 1 fully saturated rings. The zero-order valence-corrected chi connectivity index (χ0v) is 14.2. The van der Waals surface area contributed by atoms with Crippen LogP contribution in [-0.2, 0) is 11.3 Å². The highest BCUT2D eigenvalue weighted by Gasteiger charge is 2.17. The third kappa shape index (κ3) is 3.39. The van der Waals surface area contributed by atoms with Crippen molar-refractivity contribution in [2.24, 2.45) is 0 Å². The van der Waals surface area contributed by atoms with Gasteiger partial charge in [-0.3, -0.25) is 4.79 Å². The summed E-state index contributed by atoms with van der Waals surface area (Å²) in [5.41, 5.74) is 2.08. The lowest BCUT2D eigenvalue weighted by molar-refractivity contribution is 0.0946. The molecule has 1 aliphatic heterocycles. The summed E-state index contributed by atoms with van der Waals surface area (Å²) in [7, 11) is 0. The third-order valence-electron chi connectivity index (χ3n) is 4.44. The summed E-state index contributed by atoms with van der Waals surface area (Å²) in [6.45, 7) is 3.28. The number of carbonyl (C=O) groups is 1. The fourth-order valence-corrected chi connectivity index (χ4v) is 3.12. The maximum absolute atomic E-state index is 13.3. The average Bonchev–Trinajstić information content (AvgIpc) is 3.10. The van der Waals surface area contributed by atoms with Gasteiger partial charge < -0.3 is 19.9 Å². The van der Waals surface area contributed by atoms with Gasteiger partial charge in [0, 0.05) is 42.3 Å². The number of fused-ring (bicyclic) bond motifs is 1. The molecule has 0 saturated carbocycles. The zero-order chi connectivity index (χ0) is 17.9. The first kappa shape index (κ1) is 16.5. The third-order valence-corrected chi connectivity index (χ3v) is 4.44. The van der Waals surface area contributed by atoms with Crippen molar-refractivity contribution in [1.29, 1.82) is 0 Å². The van der Waals surface area contributed by atoms with Crippen LogP contribution in [0.1, 0.15) is 16.1 Å². The summed E-state index contributed by atoms with van der Waals surface area (Å²) < 4.78 is 18.7. The highest BCUT2D eigenvalue weighted by atomic mass is 19.1. The van der Waals surface area contributed by atoms with Gasteiger partial charge >= 0.3 is 0 Å². The molecule has 0 spiro atoms. The molecule has 0 unspecified atom stereocenters. The number of anilines is 1. The van der Waals surface area contributed by atoms with Gasteiger partial charge in [-0.05, 0) is 30.3 Å². The number of nitrogens with one attached hydrogen (secondary N) is 2. The molecule has 0 bridgehead atoms. The monoisotopic (exact) mass is 354 g/mol. The number of halogens is 1. The van der Waals surface area contributed by atoms with Crippen LogP contribution in [0.15, 0.2) is 42.6 Å². The molecule has 0 aliphatic carbocycles. The van der Waals surface area contributed by atoms with Gasteiger partial charge in [-0.1, -0.05) is 6.07 Å². The Labute approximate surface area is 150 Å². The number of aromatic nitrogens is 2. The molecule has 1 aromatic carbocycles. The number of H-pyrrole nitrogens is 1. The Morgan fingerprint density at radius 3 is 2.96 bits per heavy atom. The first-order chi connectivity index (χ1) is 12.7. The Hall–Kier alpha value is -2.93. The highest BCUT2D eigenvalue weighted by Crippen LogP contribution is 2.19. The number of hydrogen-bond acceptors (Lipinski definition) is 4. The molecule has 6 nitrogen and oxygen atoms in total. The largest absolute Gasteiger partial charge is 0.378 e. The predicted molar refractivity (Wildman–Crippen MR) is 96.7 cm³/mol. The van der Waals surface area contributed by atoms with Gasteiger partial charge in [0.2, 0.25) is 0 Å². The standard InChI is InChI=1S/C19H19FN4O2/c20-15-3-4-16-14(10-15)11-17(23-16)19(25)22-12-13-2-1-5-21-18(13)24-6-8-26-9-7-24/h1-5,10-11,23H,6-9,12H2,(H,22,25). The Bertz CT molecular complexity index is 934. The number of rotatable bonds is 4. The van der Waals surface area contributed by atoms with E-state index in [1.54, 1.807) is 18.3 Å². The van der Waals surface area contributed by atoms with Crippen LogP contribution in [0.25, 0.3) is 10.9 Å². The SMILES string of the molecule is O=C(NCc1cccnc1N1CCOCC1)c1cc2cc(F)ccc2[nH]1. The van der Waals surface area contributed by atoms with Crippen LogP contribution in [0, 0.1) is 5.82 Å². The molecule has 2 aromatic heterocycles. The molecular formula is C19H19FN4O2. The van der Waals surface area contributed by atoms with E-state index >= 15 is 0 Å². The second-order valence-electron chi connectivity index (χ2n) is 6.18. The maximum Gasteiger partial charge on any atom is 0.267 e. The van der Waals surface area contributed by atoms with Gasteiger partial charge in [0.05, 0.1) is 13.2 Å². The number of carbonyl (C=O) groups excluding carboxylic acids is 1. The molecule has 0 atom stereocenters. The predicted octanol–water partition coefficient (Wildman–Crippen LogP) is 2.47. The summed E-state index contributed by atoms with van der Waals surface area (Å²) in [5.74, 6) is 0.308. The van der Waals surface area contributed by atoms with E-state index in [0.717, 1.165) is 30.0 Å². The van der Waals surface area contributed by atoms with Crippen molar-refractivity contribution >= 4 is 22.6 Å². The molecule has 4 rings (SSSR count). The van der Waals surface area contributed by atoms with Crippen LogP contribution < -0.4 is 10.2 Å². The second-order valence-corrected chi connectivity index (χ2v) is 6.18. The molecule has 1 aliphatic rings. The van der Waals surface area contributed by atoms with Gasteiger partial charge in [-0.15, -0.1) is 0 Å². The smallest absolute Gasteiger partial charge is 0.267 e. The average molecular weight is 354 g/mol. The molecule has 0 radical (unpaired) electrons. The number of aromatic amines is 1. The number of amides is 1. The molecule has 3 aromatic rings. The first-order valence-corrected chi connectivity index (χ1v) is 8.54. The molecule has 1 saturated heterocycles. The minimum absolute atomic E-state index is 0.238. The van der Waals surface area contributed by atoms with Crippen molar-refractivity contribution in [3.05, 3.63) is 59.7 Å². The zero-order valence-electron chi connectivity index (χ0n) is 14.2. The lowest BCUT2D eigenvalue weighted by Gasteiger charge is -2.29. The van der Waals surface area contributed by atoms with Crippen molar-refractivity contribution in [1.82, 2.24) is 15.3 Å². The van der Waals surface area contributed by atoms with Crippen LogP contribution in [0.3, 0.4) is 0 Å². The minimum atomic E-state index is -0.325. The fourth-order valence-electron chi connectivity index (χ4n) is 3.12. The first-order valence-electron chi connectivity index (χ1n) is 8.54. The molecule has 1 amide bonds. The molecule has 26 heavy (non-hydrogen) atoms. The molecular weight excluding hydrogens is 335 g/mol. The van der Waals surface area contributed by atoms with E-state index in [9.17, 15) is 9.18 Å². The van der Waals surface area contributed by atoms with Crippen LogP contribution in [-0.4, -0.2) is 42.2 Å². The van der Waals surface area contributed by atoms with Gasteiger partial charge in [-0.25, -0.2) is 9.37 Å². The van der Waals surface area contributed by atoms with Crippen molar-refractivity contribution < 1.29 is 13.9 Å². The van der Waals surface area contributed by atoms with Gasteiger partial charge in [0.25, 0.3) is 5.91 Å². The number of morpholine rings is 1. The van der Waals surface area contributed by atoms with E-state index in [2.05, 4.69) is 20.2 Å². The molecule has 2 N–H and O–H groups in total. The lowest BCUT2D eigenvalue weighted by Crippen LogP contribution is -2.37. The van der Waals surface area contributed by atoms with Crippen molar-refractivity contribution in [2.45, 2.75) is 6.54 Å². The Morgan fingerprint density at radius 2 is 2.12 bits per heavy atom. The summed E-state index contributed by atoms with van der Waals surface area (Å²) in [5, 5.41) is 3.58. The highest BCUT2D eigenvalue weighted by molar-refractivity contribution is 5.98. The summed E-state index contributed by atoms with van der Waals surface area (Å²) in [6.07, 6.45) is 1.75. The van der Waals surface area contributed by atoms with E-state index in [0.29, 0.717) is 30.8 Å². The van der Waals surface area contributed by atoms with Crippen LogP contribution in [0.2, 0.25) is 0 Å². The fraction of sp³-hybridized carbons (Fsp3) is 0.263. The van der Waals surface area contributed by atoms with Crippen molar-refractivity contribution in [3.8, 4) is 0 Å². The second kappa shape index (κ2) is 7.13. The lowest BCUT2D eigenvalue weighted by atomic mass is 10.2. The number of benzene rings is 1. The Balaban J connectivity index is 1.48. The normalized spacial score (nSPS) is 14.6. The maximum atomic E-state index is 13.3. The van der Waals surface area contributed by atoms with E-state index in [-0.39, 0.29) is 11.7 Å². The topological polar surface area (TPSA) is 70.2 Å². The van der Waals surface area contributed by atoms with Crippen molar-refractivity contribution in [2.75, 3.05) is 31.2 Å². The summed E-state index contributed by atoms with van der Waals surface area (Å²) in [6, 6.07) is 9.86. The van der Waals surface area contributed by atoms with Crippen molar-refractivity contribution in [3.63, 3.8) is 0 Å². The van der Waals surface area contributed by atoms with Crippen LogP contribution in [0.4, 0.5) is 10.2 Å². The number of ether oxygens (including phenoxy) is 1. The molecule has 134 valence electrons. The Morgan fingerprint density at radius 1 is 1.27 bits per heavy atom. The van der Waals surface area contributed by atoms with E-state index in [4.69, 9.17) is 4.74 Å². The van der Waals surface area contributed by atoms with E-state index in [1.807, 2.05) is 12.1 Å². The van der Waals surface area contributed by atoms with Gasteiger partial charge in [0.1, 0.15) is 17.3 Å². The summed E-state index contributed by atoms with van der Waals surface area (Å²) >= 11 is 0. The number of hydrogen-bond donors (Lipinski definition) is 2. The summed E-state index contributed by atoms with van der Waals surface area (Å²) in [4.78, 5) is 22.1. The molecule has 3 heterocycles. The quantitative estimate of drug-likeness (QED) is 0.755. The van der Waals surface area contributed by atoms with Gasteiger partial charge in [0.15, 0.2) is 0 Å². The minimum Gasteiger partial charge on any atom is -0.378 e. The van der Waals surface area contributed by atoms with Crippen LogP contribution in [0.5, 0.6) is 0 Å². The van der Waals surface area contributed by atoms with E-state index < -0.39 is 0 Å². The van der Waals surface area contributed by atoms with Crippen LogP contribution >= 0.6 is 0 Å². The Kier molecular flexibility index (Phi) is 4.53. The van der Waals surface area contributed by atoms with Gasteiger partial charge in [-0.2, -0.15) is 0 Å².